The van der Waals surface area contributed by atoms with Gasteiger partial charge >= 0.3 is 11.1 Å². The van der Waals surface area contributed by atoms with Crippen LogP contribution in [0, 0.1) is 5.82 Å². The standard InChI is InChI=1S/C10H4F4O2S/c11-6-1-2-7-5(3-6)4-8(9(15)16-7)17-10(12,13)14/h1-4H. The molecule has 0 unspecified atom stereocenters. The van der Waals surface area contributed by atoms with Crippen LogP contribution in [0.5, 0.6) is 0 Å². The molecule has 0 aliphatic rings. The molecule has 0 bridgehead atoms. The Labute approximate surface area is 96.2 Å². The van der Waals surface area contributed by atoms with Gasteiger partial charge in [-0.15, -0.1) is 0 Å². The second kappa shape index (κ2) is 4.06. The summed E-state index contributed by atoms with van der Waals surface area (Å²) < 4.78 is 53.8. The molecule has 90 valence electrons. The number of alkyl halides is 3. The van der Waals surface area contributed by atoms with E-state index in [0.29, 0.717) is 0 Å². The highest BCUT2D eigenvalue weighted by atomic mass is 32.2. The summed E-state index contributed by atoms with van der Waals surface area (Å²) in [6.45, 7) is 0. The molecule has 0 atom stereocenters. The molecule has 0 saturated heterocycles. The van der Waals surface area contributed by atoms with Crippen molar-refractivity contribution in [2.75, 3.05) is 0 Å². The van der Waals surface area contributed by atoms with E-state index in [1.165, 1.54) is 6.07 Å². The first-order valence-electron chi connectivity index (χ1n) is 4.34. The molecule has 1 aromatic heterocycles. The highest BCUT2D eigenvalue weighted by Crippen LogP contribution is 2.36. The number of fused-ring (bicyclic) bond motifs is 1. The molecule has 0 saturated carbocycles. The largest absolute Gasteiger partial charge is 0.446 e. The Morgan fingerprint density at radius 3 is 2.53 bits per heavy atom. The maximum Gasteiger partial charge on any atom is 0.446 e. The van der Waals surface area contributed by atoms with Crippen LogP contribution in [0.1, 0.15) is 0 Å². The van der Waals surface area contributed by atoms with Gasteiger partial charge < -0.3 is 4.42 Å². The van der Waals surface area contributed by atoms with Crippen LogP contribution in [-0.2, 0) is 0 Å². The Kier molecular flexibility index (Phi) is 2.86. The van der Waals surface area contributed by atoms with Gasteiger partial charge in [0.15, 0.2) is 0 Å². The first-order chi connectivity index (χ1) is 7.85. The predicted molar refractivity (Wildman–Crippen MR) is 54.4 cm³/mol. The predicted octanol–water partition coefficient (Wildman–Crippen LogP) is 3.54. The van der Waals surface area contributed by atoms with Gasteiger partial charge in [-0.05, 0) is 36.0 Å². The maximum absolute atomic E-state index is 12.9. The zero-order valence-electron chi connectivity index (χ0n) is 8.05. The van der Waals surface area contributed by atoms with Crippen molar-refractivity contribution in [1.29, 1.82) is 0 Å². The second-order valence-corrected chi connectivity index (χ2v) is 4.23. The first-order valence-corrected chi connectivity index (χ1v) is 5.16. The quantitative estimate of drug-likeness (QED) is 0.448. The number of hydrogen-bond donors (Lipinski definition) is 0. The summed E-state index contributed by atoms with van der Waals surface area (Å²) in [6, 6.07) is 4.21. The fourth-order valence-corrected chi connectivity index (χ4v) is 1.83. The summed E-state index contributed by atoms with van der Waals surface area (Å²) in [5.74, 6) is -0.616. The smallest absolute Gasteiger partial charge is 0.422 e. The van der Waals surface area contributed by atoms with Crippen LogP contribution in [0.3, 0.4) is 0 Å². The van der Waals surface area contributed by atoms with Crippen LogP contribution in [0.25, 0.3) is 11.0 Å². The third-order valence-electron chi connectivity index (χ3n) is 1.89. The Bertz CT molecular complexity index is 618. The zero-order valence-corrected chi connectivity index (χ0v) is 8.86. The van der Waals surface area contributed by atoms with E-state index in [0.717, 1.165) is 18.2 Å². The van der Waals surface area contributed by atoms with Crippen molar-refractivity contribution in [2.45, 2.75) is 10.4 Å². The van der Waals surface area contributed by atoms with Crippen molar-refractivity contribution in [2.24, 2.45) is 0 Å². The zero-order chi connectivity index (χ0) is 12.6. The summed E-state index contributed by atoms with van der Waals surface area (Å²) in [5.41, 5.74) is -5.63. The Hall–Kier alpha value is -1.50. The van der Waals surface area contributed by atoms with Crippen LogP contribution < -0.4 is 5.63 Å². The molecule has 7 heteroatoms. The first kappa shape index (κ1) is 12.0. The summed E-state index contributed by atoms with van der Waals surface area (Å²) in [5, 5.41) is 0.108. The minimum atomic E-state index is -4.59. The van der Waals surface area contributed by atoms with E-state index >= 15 is 0 Å². The molecule has 0 radical (unpaired) electrons. The molecule has 0 amide bonds. The molecule has 0 N–H and O–H groups in total. The van der Waals surface area contributed by atoms with Crippen LogP contribution in [0.4, 0.5) is 17.6 Å². The molecule has 0 aliphatic carbocycles. The minimum absolute atomic E-state index is 0.0444. The third kappa shape index (κ3) is 2.79. The summed E-state index contributed by atoms with van der Waals surface area (Å²) in [4.78, 5) is 10.6. The number of rotatable bonds is 1. The minimum Gasteiger partial charge on any atom is -0.422 e. The Morgan fingerprint density at radius 1 is 1.18 bits per heavy atom. The SMILES string of the molecule is O=c1oc2ccc(F)cc2cc1SC(F)(F)F. The van der Waals surface area contributed by atoms with E-state index in [4.69, 9.17) is 0 Å². The molecule has 17 heavy (non-hydrogen) atoms. The van der Waals surface area contributed by atoms with Crippen LogP contribution in [-0.4, -0.2) is 5.51 Å². The van der Waals surface area contributed by atoms with Gasteiger partial charge in [0.25, 0.3) is 0 Å². The molecule has 0 fully saturated rings. The summed E-state index contributed by atoms with van der Waals surface area (Å²) in [7, 11) is 0. The summed E-state index contributed by atoms with van der Waals surface area (Å²) in [6.07, 6.45) is 0. The van der Waals surface area contributed by atoms with Crippen molar-refractivity contribution in [3.05, 3.63) is 40.5 Å². The molecule has 2 aromatic rings. The number of hydrogen-bond acceptors (Lipinski definition) is 3. The Morgan fingerprint density at radius 2 is 1.88 bits per heavy atom. The van der Waals surface area contributed by atoms with E-state index in [9.17, 15) is 22.4 Å². The fraction of sp³-hybridized carbons (Fsp3) is 0.100. The average Bonchev–Trinajstić information content (AvgIpc) is 2.17. The van der Waals surface area contributed by atoms with Gasteiger partial charge in [-0.25, -0.2) is 9.18 Å². The van der Waals surface area contributed by atoms with Crippen molar-refractivity contribution in [3.63, 3.8) is 0 Å². The number of benzene rings is 1. The van der Waals surface area contributed by atoms with Gasteiger partial charge in [-0.1, -0.05) is 0 Å². The molecule has 1 aromatic carbocycles. The highest BCUT2D eigenvalue weighted by Gasteiger charge is 2.31. The number of thioether (sulfide) groups is 1. The van der Waals surface area contributed by atoms with Gasteiger partial charge in [0.1, 0.15) is 16.3 Å². The molecule has 1 heterocycles. The lowest BCUT2D eigenvalue weighted by Gasteiger charge is -2.04. The van der Waals surface area contributed by atoms with E-state index in [2.05, 4.69) is 4.42 Å². The lowest BCUT2D eigenvalue weighted by molar-refractivity contribution is -0.0329. The molecule has 2 nitrogen and oxygen atoms in total. The Balaban J connectivity index is 2.58. The van der Waals surface area contributed by atoms with E-state index < -0.39 is 33.6 Å². The normalized spacial score (nSPS) is 12.0. The van der Waals surface area contributed by atoms with Crippen LogP contribution >= 0.6 is 11.8 Å². The highest BCUT2D eigenvalue weighted by molar-refractivity contribution is 8.00. The lowest BCUT2D eigenvalue weighted by atomic mass is 10.2. The van der Waals surface area contributed by atoms with Gasteiger partial charge in [0.05, 0.1) is 0 Å². The lowest BCUT2D eigenvalue weighted by Crippen LogP contribution is -2.08. The average molecular weight is 264 g/mol. The van der Waals surface area contributed by atoms with Gasteiger partial charge in [-0.2, -0.15) is 13.2 Å². The maximum atomic E-state index is 12.9. The monoisotopic (exact) mass is 264 g/mol. The number of halogens is 4. The van der Waals surface area contributed by atoms with Gasteiger partial charge in [0.2, 0.25) is 0 Å². The van der Waals surface area contributed by atoms with Crippen molar-refractivity contribution < 1.29 is 22.0 Å². The molecular weight excluding hydrogens is 260 g/mol. The second-order valence-electron chi connectivity index (χ2n) is 3.13. The topological polar surface area (TPSA) is 30.2 Å². The van der Waals surface area contributed by atoms with Crippen molar-refractivity contribution >= 4 is 22.7 Å². The van der Waals surface area contributed by atoms with Gasteiger partial charge in [0, 0.05) is 5.39 Å². The molecular formula is C10H4F4O2S. The van der Waals surface area contributed by atoms with Gasteiger partial charge in [-0.3, -0.25) is 0 Å². The molecule has 0 spiro atoms. The van der Waals surface area contributed by atoms with Crippen LogP contribution in [0.15, 0.2) is 38.4 Å². The van der Waals surface area contributed by atoms with E-state index in [1.807, 2.05) is 0 Å². The third-order valence-corrected chi connectivity index (χ3v) is 2.62. The van der Waals surface area contributed by atoms with Crippen molar-refractivity contribution in [3.8, 4) is 0 Å². The van der Waals surface area contributed by atoms with E-state index in [1.54, 1.807) is 0 Å². The fourth-order valence-electron chi connectivity index (χ4n) is 1.27. The molecule has 0 aliphatic heterocycles. The van der Waals surface area contributed by atoms with E-state index in [-0.39, 0.29) is 11.0 Å². The summed E-state index contributed by atoms with van der Waals surface area (Å²) >= 11 is -0.581. The van der Waals surface area contributed by atoms with Crippen molar-refractivity contribution in [1.82, 2.24) is 0 Å². The van der Waals surface area contributed by atoms with Crippen LogP contribution in [0.2, 0.25) is 0 Å². The molecule has 2 rings (SSSR count).